The monoisotopic (exact) mass is 479 g/mol. The lowest BCUT2D eigenvalue weighted by Gasteiger charge is -2.46. The second-order valence-electron chi connectivity index (χ2n) is 11.7. The van der Waals surface area contributed by atoms with Crippen LogP contribution < -0.4 is 0 Å². The van der Waals surface area contributed by atoms with E-state index in [4.69, 9.17) is 13.9 Å². The minimum atomic E-state index is -2.24. The first-order chi connectivity index (χ1) is 14.5. The predicted octanol–water partition coefficient (Wildman–Crippen LogP) is 5.45. The van der Waals surface area contributed by atoms with Crippen LogP contribution in [0.1, 0.15) is 32.8 Å². The molecule has 0 saturated heterocycles. The van der Waals surface area contributed by atoms with Crippen molar-refractivity contribution in [2.75, 3.05) is 7.11 Å². The first kappa shape index (κ1) is 26.6. The highest BCUT2D eigenvalue weighted by Gasteiger charge is 2.68. The number of amides is 1. The average molecular weight is 480 g/mol. The Morgan fingerprint density at radius 2 is 1.66 bits per heavy atom. The molecule has 1 aliphatic carbocycles. The number of rotatable bonds is 8. The van der Waals surface area contributed by atoms with E-state index in [2.05, 4.69) is 51.4 Å². The van der Waals surface area contributed by atoms with E-state index in [0.717, 1.165) is 5.56 Å². The quantitative estimate of drug-likeness (QED) is 0.366. The van der Waals surface area contributed by atoms with Crippen LogP contribution in [-0.4, -0.2) is 57.5 Å². The molecule has 3 atom stereocenters. The minimum absolute atomic E-state index is 0.277. The molecule has 32 heavy (non-hydrogen) atoms. The van der Waals surface area contributed by atoms with Gasteiger partial charge in [-0.05, 0) is 58.8 Å². The fraction of sp³-hybridized carbons (Fsp3) is 0.667. The molecule has 0 radical (unpaired) electrons. The van der Waals surface area contributed by atoms with Gasteiger partial charge in [0, 0.05) is 0 Å². The van der Waals surface area contributed by atoms with Gasteiger partial charge in [-0.25, -0.2) is 4.79 Å². The molecule has 1 aromatic rings. The fourth-order valence-electron chi connectivity index (χ4n) is 4.30. The summed E-state index contributed by atoms with van der Waals surface area (Å²) < 4.78 is 19.7. The smallest absolute Gasteiger partial charge is 0.402 e. The predicted molar refractivity (Wildman–Crippen MR) is 133 cm³/mol. The van der Waals surface area contributed by atoms with Crippen molar-refractivity contribution in [3.8, 4) is 0 Å². The maximum Gasteiger partial charge on any atom is 0.402 e. The van der Waals surface area contributed by atoms with Crippen LogP contribution in [0.25, 0.3) is 0 Å². The fourth-order valence-corrected chi connectivity index (χ4v) is 7.64. The molecule has 8 heteroatoms. The number of benzene rings is 1. The van der Waals surface area contributed by atoms with Crippen LogP contribution in [0.15, 0.2) is 30.3 Å². The Kier molecular flexibility index (Phi) is 7.74. The molecule has 1 fully saturated rings. The highest BCUT2D eigenvalue weighted by molar-refractivity contribution is 6.75. The van der Waals surface area contributed by atoms with E-state index in [-0.39, 0.29) is 18.1 Å². The third-order valence-corrected chi connectivity index (χ3v) is 8.33. The molecule has 0 heterocycles. The van der Waals surface area contributed by atoms with E-state index in [1.807, 2.05) is 43.5 Å². The Labute approximate surface area is 195 Å². The van der Waals surface area contributed by atoms with Crippen molar-refractivity contribution in [1.82, 2.24) is 4.57 Å². The zero-order valence-corrected chi connectivity index (χ0v) is 23.4. The topological polar surface area (TPSA) is 65.1 Å². The normalized spacial score (nSPS) is 22.1. The van der Waals surface area contributed by atoms with Gasteiger partial charge in [0.2, 0.25) is 0 Å². The highest BCUT2D eigenvalue weighted by atomic mass is 28.4. The van der Waals surface area contributed by atoms with Gasteiger partial charge in [-0.3, -0.25) is 4.79 Å². The summed E-state index contributed by atoms with van der Waals surface area (Å²) in [5, 5.41) is 0. The van der Waals surface area contributed by atoms with Crippen molar-refractivity contribution in [3.05, 3.63) is 35.9 Å². The molecule has 0 N–H and O–H groups in total. The Morgan fingerprint density at radius 3 is 2.09 bits per heavy atom. The van der Waals surface area contributed by atoms with Crippen molar-refractivity contribution >= 4 is 28.6 Å². The maximum atomic E-state index is 13.6. The molecule has 0 aromatic heterocycles. The molecule has 0 bridgehead atoms. The molecule has 180 valence electrons. The van der Waals surface area contributed by atoms with E-state index in [1.165, 1.54) is 7.11 Å². The van der Waals surface area contributed by atoms with Crippen LogP contribution in [0, 0.1) is 5.92 Å². The van der Waals surface area contributed by atoms with Gasteiger partial charge in [0.25, 0.3) is 0 Å². The molecule has 1 aliphatic rings. The molecule has 6 nitrogen and oxygen atoms in total. The number of hydrogen-bond acceptors (Lipinski definition) is 5. The van der Waals surface area contributed by atoms with Gasteiger partial charge in [-0.15, -0.1) is 0 Å². The van der Waals surface area contributed by atoms with Gasteiger partial charge in [0.05, 0.1) is 24.7 Å². The molecule has 2 unspecified atom stereocenters. The van der Waals surface area contributed by atoms with E-state index >= 15 is 0 Å². The van der Waals surface area contributed by atoms with E-state index in [1.54, 1.807) is 0 Å². The number of carbonyl (C=O) groups excluding carboxylic acids is 2. The summed E-state index contributed by atoms with van der Waals surface area (Å²) >= 11 is 0. The minimum Gasteiger partial charge on any atom is -0.469 e. The molecular formula is C24H41NO5Si2. The lowest BCUT2D eigenvalue weighted by molar-refractivity contribution is -0.144. The van der Waals surface area contributed by atoms with Crippen LogP contribution in [0.3, 0.4) is 0 Å². The van der Waals surface area contributed by atoms with Crippen molar-refractivity contribution in [1.29, 1.82) is 0 Å². The van der Waals surface area contributed by atoms with Crippen LogP contribution in [0.4, 0.5) is 4.79 Å². The van der Waals surface area contributed by atoms with Gasteiger partial charge < -0.3 is 18.5 Å². The van der Waals surface area contributed by atoms with E-state index in [0.29, 0.717) is 12.8 Å². The van der Waals surface area contributed by atoms with Gasteiger partial charge >= 0.3 is 12.1 Å². The maximum absolute atomic E-state index is 13.6. The summed E-state index contributed by atoms with van der Waals surface area (Å²) in [7, 11) is -2.90. The van der Waals surface area contributed by atoms with Gasteiger partial charge in [0.15, 0.2) is 16.6 Å². The number of esters is 1. The SMILES string of the molecule is COC(=O)C1CC1(O[Si](C)(C)C)[C@H](Cc1ccccc1)N(C(=O)OC(C)(C)C)[Si](C)(C)C. The Morgan fingerprint density at radius 1 is 1.09 bits per heavy atom. The number of carbonyl (C=O) groups is 2. The Balaban J connectivity index is 2.63. The van der Waals surface area contributed by atoms with Gasteiger partial charge in [-0.2, -0.15) is 0 Å². The largest absolute Gasteiger partial charge is 0.469 e. The first-order valence-electron chi connectivity index (χ1n) is 11.3. The molecule has 1 aromatic carbocycles. The second-order valence-corrected chi connectivity index (χ2v) is 20.9. The summed E-state index contributed by atoms with van der Waals surface area (Å²) in [6, 6.07) is 9.75. The zero-order chi connectivity index (χ0) is 24.5. The van der Waals surface area contributed by atoms with Gasteiger partial charge in [-0.1, -0.05) is 50.0 Å². The molecule has 0 aliphatic heterocycles. The highest BCUT2D eigenvalue weighted by Crippen LogP contribution is 2.54. The van der Waals surface area contributed by atoms with Gasteiger partial charge in [0.1, 0.15) is 5.60 Å². The molecule has 1 amide bonds. The van der Waals surface area contributed by atoms with Crippen LogP contribution in [0.2, 0.25) is 39.3 Å². The standard InChI is InChI=1S/C24H41NO5Si2/c1-23(2,3)29-22(27)25(31(5,6)7)20(16-18-14-12-11-13-15-18)24(30-32(8,9)10)17-19(24)21(26)28-4/h11-15,19-20H,16-17H2,1-10H3/t19?,20-,24?/m0/s1. The summed E-state index contributed by atoms with van der Waals surface area (Å²) in [6.45, 7) is 18.4. The zero-order valence-electron chi connectivity index (χ0n) is 21.4. The van der Waals surface area contributed by atoms with Crippen molar-refractivity contribution in [2.24, 2.45) is 5.92 Å². The van der Waals surface area contributed by atoms with Crippen LogP contribution >= 0.6 is 0 Å². The molecular weight excluding hydrogens is 438 g/mol. The summed E-state index contributed by atoms with van der Waals surface area (Å²) in [5.41, 5.74) is -0.298. The van der Waals surface area contributed by atoms with E-state index in [9.17, 15) is 9.59 Å². The number of hydrogen-bond donors (Lipinski definition) is 0. The molecule has 1 saturated carbocycles. The number of nitrogens with zero attached hydrogens (tertiary/aromatic N) is 1. The summed E-state index contributed by atoms with van der Waals surface area (Å²) in [5.74, 6) is -0.671. The summed E-state index contributed by atoms with van der Waals surface area (Å²) in [6.07, 6.45) is 0.791. The lowest BCUT2D eigenvalue weighted by Crippen LogP contribution is -2.63. The number of methoxy groups -OCH3 is 1. The first-order valence-corrected chi connectivity index (χ1v) is 18.2. The molecule has 0 spiro atoms. The molecule has 2 rings (SSSR count). The Hall–Kier alpha value is -1.65. The average Bonchev–Trinajstić information content (AvgIpc) is 3.32. The van der Waals surface area contributed by atoms with E-state index < -0.39 is 33.7 Å². The third kappa shape index (κ3) is 6.68. The van der Waals surface area contributed by atoms with Crippen LogP contribution in [0.5, 0.6) is 0 Å². The number of ether oxygens (including phenoxy) is 2. The Bertz CT molecular complexity index is 810. The van der Waals surface area contributed by atoms with Crippen molar-refractivity contribution in [3.63, 3.8) is 0 Å². The summed E-state index contributed by atoms with van der Waals surface area (Å²) in [4.78, 5) is 26.3. The second kappa shape index (κ2) is 9.31. The van der Waals surface area contributed by atoms with Crippen molar-refractivity contribution < 1.29 is 23.5 Å². The van der Waals surface area contributed by atoms with Crippen molar-refractivity contribution in [2.45, 2.75) is 90.1 Å². The third-order valence-electron chi connectivity index (χ3n) is 5.40. The van der Waals surface area contributed by atoms with Crippen LogP contribution in [-0.2, 0) is 25.1 Å². The lowest BCUT2D eigenvalue weighted by atomic mass is 9.98.